The Hall–Kier alpha value is -6.87. The molecule has 0 aromatic heterocycles. The third-order valence-corrected chi connectivity index (χ3v) is 10.0. The largest absolute Gasteiger partial charge is 0.504 e. The molecule has 0 unspecified atom stereocenters. The van der Waals surface area contributed by atoms with E-state index < -0.39 is 23.6 Å². The summed E-state index contributed by atoms with van der Waals surface area (Å²) in [6.07, 6.45) is -0.977. The monoisotopic (exact) mass is 731 g/mol. The van der Waals surface area contributed by atoms with Crippen molar-refractivity contribution in [1.29, 1.82) is 0 Å². The van der Waals surface area contributed by atoms with Crippen LogP contribution in [0.4, 0.5) is 10.5 Å². The van der Waals surface area contributed by atoms with Crippen molar-refractivity contribution in [3.63, 3.8) is 0 Å². The Morgan fingerprint density at radius 2 is 1.20 bits per heavy atom. The van der Waals surface area contributed by atoms with Gasteiger partial charge in [-0.25, -0.2) is 4.79 Å². The summed E-state index contributed by atoms with van der Waals surface area (Å²) < 4.78 is 10.9. The number of alkyl carbamates (subject to hydrolysis) is 1. The predicted octanol–water partition coefficient (Wildman–Crippen LogP) is 8.14. The lowest BCUT2D eigenvalue weighted by atomic mass is 9.77. The average Bonchev–Trinajstić information content (AvgIpc) is 3.55. The van der Waals surface area contributed by atoms with E-state index in [2.05, 4.69) is 28.1 Å². The number of ether oxygens (including phenoxy) is 2. The first-order valence-electron chi connectivity index (χ1n) is 18.1. The van der Waals surface area contributed by atoms with Crippen LogP contribution in [-0.4, -0.2) is 42.8 Å². The fraction of sp³-hybridized carbons (Fsp3) is 0.152. The van der Waals surface area contributed by atoms with Crippen LogP contribution in [0, 0.1) is 0 Å². The molecular weight excluding hydrogens is 691 g/mol. The maximum absolute atomic E-state index is 14.2. The Bertz CT molecular complexity index is 2140. The van der Waals surface area contributed by atoms with Crippen molar-refractivity contribution in [1.82, 2.24) is 10.6 Å². The summed E-state index contributed by atoms with van der Waals surface area (Å²) in [5.41, 5.74) is 6.08. The number of benzene rings is 6. The number of anilines is 1. The summed E-state index contributed by atoms with van der Waals surface area (Å²) in [5.74, 6) is -1.04. The Balaban J connectivity index is 1.12. The fourth-order valence-corrected chi connectivity index (χ4v) is 7.38. The molecule has 276 valence electrons. The Kier molecular flexibility index (Phi) is 10.9. The molecular formula is C46H41N3O6. The summed E-state index contributed by atoms with van der Waals surface area (Å²) in [6.45, 7) is 0.0504. The molecule has 0 bridgehead atoms. The zero-order valence-electron chi connectivity index (χ0n) is 30.3. The molecule has 6 aromatic rings. The number of carbonyl (C=O) groups is 3. The number of aromatic hydroxyl groups is 1. The number of hydrogen-bond acceptors (Lipinski definition) is 6. The van der Waals surface area contributed by atoms with Crippen LogP contribution in [0.2, 0.25) is 0 Å². The highest BCUT2D eigenvalue weighted by Gasteiger charge is 2.38. The van der Waals surface area contributed by atoms with E-state index in [9.17, 15) is 19.5 Å². The van der Waals surface area contributed by atoms with Gasteiger partial charge in [-0.15, -0.1) is 0 Å². The molecule has 9 heteroatoms. The molecule has 6 aromatic carbocycles. The third-order valence-electron chi connectivity index (χ3n) is 10.0. The minimum Gasteiger partial charge on any atom is -0.504 e. The van der Waals surface area contributed by atoms with Crippen molar-refractivity contribution in [2.45, 2.75) is 30.3 Å². The van der Waals surface area contributed by atoms with Gasteiger partial charge in [0.25, 0.3) is 0 Å². The molecule has 0 radical (unpaired) electrons. The van der Waals surface area contributed by atoms with Gasteiger partial charge in [-0.05, 0) is 57.5 Å². The number of hydrogen-bond donors (Lipinski definition) is 4. The van der Waals surface area contributed by atoms with Crippen LogP contribution < -0.4 is 20.7 Å². The number of rotatable bonds is 13. The van der Waals surface area contributed by atoms with Crippen molar-refractivity contribution in [2.24, 2.45) is 0 Å². The van der Waals surface area contributed by atoms with Gasteiger partial charge < -0.3 is 30.5 Å². The van der Waals surface area contributed by atoms with E-state index in [1.165, 1.54) is 19.2 Å². The number of nitrogens with one attached hydrogen (secondary N) is 3. The Labute approximate surface area is 320 Å². The second-order valence-corrected chi connectivity index (χ2v) is 13.3. The number of fused-ring (bicyclic) bond motifs is 3. The summed E-state index contributed by atoms with van der Waals surface area (Å²) in [7, 11) is 1.43. The zero-order chi connectivity index (χ0) is 38.2. The molecule has 9 nitrogen and oxygen atoms in total. The highest BCUT2D eigenvalue weighted by Crippen LogP contribution is 2.44. The average molecular weight is 732 g/mol. The quantitative estimate of drug-likeness (QED) is 0.0890. The van der Waals surface area contributed by atoms with Gasteiger partial charge in [-0.2, -0.15) is 0 Å². The van der Waals surface area contributed by atoms with Crippen LogP contribution in [0.1, 0.15) is 46.6 Å². The van der Waals surface area contributed by atoms with Gasteiger partial charge in [-0.3, -0.25) is 9.59 Å². The SMILES string of the molecule is COc1ccc(NC(=O)[C@H](CCC(=O)NC(c2ccccc2)(c2ccccc2)c2ccccc2)NC(=O)OCC2c3ccccc3-c3ccccc32)cc1O. The van der Waals surface area contributed by atoms with Crippen molar-refractivity contribution >= 4 is 23.6 Å². The third kappa shape index (κ3) is 7.77. The summed E-state index contributed by atoms with van der Waals surface area (Å²) in [5, 5.41) is 19.1. The molecule has 55 heavy (non-hydrogen) atoms. The number of amides is 3. The molecule has 7 rings (SSSR count). The maximum Gasteiger partial charge on any atom is 0.407 e. The zero-order valence-corrected chi connectivity index (χ0v) is 30.3. The minimum absolute atomic E-state index is 0.0504. The predicted molar refractivity (Wildman–Crippen MR) is 212 cm³/mol. The first kappa shape index (κ1) is 36.5. The molecule has 0 spiro atoms. The smallest absolute Gasteiger partial charge is 0.407 e. The van der Waals surface area contributed by atoms with Crippen molar-refractivity contribution in [2.75, 3.05) is 19.0 Å². The van der Waals surface area contributed by atoms with E-state index in [4.69, 9.17) is 9.47 Å². The van der Waals surface area contributed by atoms with Gasteiger partial charge in [0.2, 0.25) is 11.8 Å². The van der Waals surface area contributed by atoms with Crippen LogP contribution in [0.3, 0.4) is 0 Å². The lowest BCUT2D eigenvalue weighted by molar-refractivity contribution is -0.123. The second-order valence-electron chi connectivity index (χ2n) is 13.3. The lowest BCUT2D eigenvalue weighted by Gasteiger charge is -2.37. The number of carbonyl (C=O) groups excluding carboxylic acids is 3. The summed E-state index contributed by atoms with van der Waals surface area (Å²) in [6, 6.07) is 48.5. The van der Waals surface area contributed by atoms with E-state index in [1.54, 1.807) is 6.07 Å². The second kappa shape index (κ2) is 16.4. The Morgan fingerprint density at radius 3 is 1.71 bits per heavy atom. The van der Waals surface area contributed by atoms with Gasteiger partial charge >= 0.3 is 6.09 Å². The highest BCUT2D eigenvalue weighted by molar-refractivity contribution is 5.97. The summed E-state index contributed by atoms with van der Waals surface area (Å²) >= 11 is 0. The maximum atomic E-state index is 14.2. The van der Waals surface area contributed by atoms with Crippen LogP contribution in [0.15, 0.2) is 158 Å². The van der Waals surface area contributed by atoms with E-state index in [1.807, 2.05) is 127 Å². The molecule has 1 atom stereocenters. The normalized spacial score (nSPS) is 12.5. The molecule has 4 N–H and O–H groups in total. The van der Waals surface area contributed by atoms with E-state index in [0.717, 1.165) is 38.9 Å². The first-order chi connectivity index (χ1) is 26.9. The minimum atomic E-state index is -1.18. The number of phenols is 1. The van der Waals surface area contributed by atoms with Crippen molar-refractivity contribution in [3.05, 3.63) is 186 Å². The lowest BCUT2D eigenvalue weighted by Crippen LogP contribution is -2.49. The molecule has 0 saturated carbocycles. The molecule has 3 amide bonds. The Morgan fingerprint density at radius 1 is 0.691 bits per heavy atom. The summed E-state index contributed by atoms with van der Waals surface area (Å²) in [4.78, 5) is 41.5. The van der Waals surface area contributed by atoms with Crippen LogP contribution in [0.5, 0.6) is 11.5 Å². The van der Waals surface area contributed by atoms with Crippen LogP contribution in [-0.2, 0) is 19.9 Å². The fourth-order valence-electron chi connectivity index (χ4n) is 7.38. The highest BCUT2D eigenvalue weighted by atomic mass is 16.5. The van der Waals surface area contributed by atoms with Gasteiger partial charge in [0.1, 0.15) is 18.2 Å². The van der Waals surface area contributed by atoms with E-state index >= 15 is 0 Å². The van der Waals surface area contributed by atoms with Gasteiger partial charge in [0.05, 0.1) is 7.11 Å². The van der Waals surface area contributed by atoms with Crippen LogP contribution >= 0.6 is 0 Å². The van der Waals surface area contributed by atoms with Gasteiger partial charge in [-0.1, -0.05) is 140 Å². The van der Waals surface area contributed by atoms with Gasteiger partial charge in [0.15, 0.2) is 11.5 Å². The topological polar surface area (TPSA) is 126 Å². The van der Waals surface area contributed by atoms with Crippen molar-refractivity contribution < 1.29 is 29.0 Å². The van der Waals surface area contributed by atoms with Crippen LogP contribution in [0.25, 0.3) is 11.1 Å². The van der Waals surface area contributed by atoms with E-state index in [0.29, 0.717) is 0 Å². The molecule has 1 aliphatic carbocycles. The number of methoxy groups -OCH3 is 1. The first-order valence-corrected chi connectivity index (χ1v) is 18.1. The molecule has 1 aliphatic rings. The standard InChI is InChI=1S/C46H41N3O6/c1-54-42-27-25-34(29-41(42)50)47-44(52)40(48-45(53)55-30-39-37-23-13-11-21-35(37)36-22-12-14-24-38(36)39)26-28-43(51)49-46(31-15-5-2-6-16-31,32-17-7-3-8-18-32)33-19-9-4-10-20-33/h2-25,27,29,39-40,50H,26,28,30H2,1H3,(H,47,52)(H,48,53)(H,49,51)/t40-/m0/s1. The molecule has 0 aliphatic heterocycles. The molecule has 0 saturated heterocycles. The van der Waals surface area contributed by atoms with Gasteiger partial charge in [0, 0.05) is 24.1 Å². The molecule has 0 heterocycles. The number of phenolic OH excluding ortho intramolecular Hbond substituents is 1. The molecule has 0 fully saturated rings. The van der Waals surface area contributed by atoms with Crippen molar-refractivity contribution in [3.8, 4) is 22.6 Å². The van der Waals surface area contributed by atoms with E-state index in [-0.39, 0.29) is 48.5 Å².